The highest BCUT2D eigenvalue weighted by molar-refractivity contribution is 5.39. The molecule has 0 saturated carbocycles. The molecule has 0 aliphatic carbocycles. The molecule has 0 spiro atoms. The Morgan fingerprint density at radius 1 is 1.38 bits per heavy atom. The zero-order chi connectivity index (χ0) is 9.84. The van der Waals surface area contributed by atoms with Crippen molar-refractivity contribution in [2.45, 2.75) is 26.7 Å². The first-order chi connectivity index (χ1) is 6.15. The van der Waals surface area contributed by atoms with Gasteiger partial charge in [0.2, 0.25) is 0 Å². The lowest BCUT2D eigenvalue weighted by Crippen LogP contribution is -1.90. The molecule has 0 bridgehead atoms. The number of hydrogen-bond donors (Lipinski definition) is 1. The number of allylic oxidation sites excluding steroid dienone is 2. The summed E-state index contributed by atoms with van der Waals surface area (Å²) in [5, 5.41) is 9.60. The van der Waals surface area contributed by atoms with E-state index in [1.165, 1.54) is 5.56 Å². The molecule has 0 aliphatic rings. The molecule has 0 radical (unpaired) electrons. The van der Waals surface area contributed by atoms with E-state index in [2.05, 4.69) is 13.0 Å². The van der Waals surface area contributed by atoms with Crippen LogP contribution in [0.1, 0.15) is 30.9 Å². The Morgan fingerprint density at radius 3 is 2.69 bits per heavy atom. The van der Waals surface area contributed by atoms with E-state index in [0.717, 1.165) is 5.56 Å². The molecule has 0 fully saturated rings. The Bertz CT molecular complexity index is 313. The van der Waals surface area contributed by atoms with Crippen LogP contribution in [-0.2, 0) is 0 Å². The smallest absolute Gasteiger partial charge is 0.119 e. The van der Waals surface area contributed by atoms with Crippen LogP contribution in [0.25, 0.3) is 0 Å². The van der Waals surface area contributed by atoms with Crippen LogP contribution in [0.15, 0.2) is 30.4 Å². The van der Waals surface area contributed by atoms with Gasteiger partial charge in [0, 0.05) is 11.5 Å². The van der Waals surface area contributed by atoms with E-state index in [9.17, 15) is 5.11 Å². The van der Waals surface area contributed by atoms with Crippen LogP contribution in [0.3, 0.4) is 0 Å². The summed E-state index contributed by atoms with van der Waals surface area (Å²) in [4.78, 5) is 0. The van der Waals surface area contributed by atoms with Gasteiger partial charge in [0.1, 0.15) is 5.75 Å². The normalized spacial score (nSPS) is 13.5. The Balaban J connectivity index is 3.05. The van der Waals surface area contributed by atoms with Crippen LogP contribution >= 0.6 is 0 Å². The fourth-order valence-corrected chi connectivity index (χ4v) is 1.43. The van der Waals surface area contributed by atoms with Crippen LogP contribution < -0.4 is 0 Å². The van der Waals surface area contributed by atoms with Gasteiger partial charge in [0.05, 0.1) is 0 Å². The van der Waals surface area contributed by atoms with Crippen molar-refractivity contribution in [1.82, 2.24) is 0 Å². The number of rotatable bonds is 2. The van der Waals surface area contributed by atoms with E-state index in [1.807, 2.05) is 32.1 Å². The molecule has 1 aromatic carbocycles. The number of hydrogen-bond acceptors (Lipinski definition) is 1. The molecule has 0 amide bonds. The van der Waals surface area contributed by atoms with E-state index < -0.39 is 0 Å². The van der Waals surface area contributed by atoms with Gasteiger partial charge in [-0.25, -0.2) is 0 Å². The average molecular weight is 176 g/mol. The van der Waals surface area contributed by atoms with E-state index >= 15 is 0 Å². The molecule has 1 N–H and O–H groups in total. The maximum absolute atomic E-state index is 9.60. The maximum Gasteiger partial charge on any atom is 0.119 e. The molecule has 1 aromatic rings. The molecule has 1 unspecified atom stereocenters. The molecule has 0 aliphatic heterocycles. The topological polar surface area (TPSA) is 20.2 Å². The van der Waals surface area contributed by atoms with Gasteiger partial charge in [-0.15, -0.1) is 0 Å². The van der Waals surface area contributed by atoms with E-state index in [4.69, 9.17) is 0 Å². The molecule has 1 nitrogen and oxygen atoms in total. The summed E-state index contributed by atoms with van der Waals surface area (Å²) in [6.45, 7) is 6.10. The third kappa shape index (κ3) is 2.35. The van der Waals surface area contributed by atoms with Crippen molar-refractivity contribution in [3.8, 4) is 5.75 Å². The first kappa shape index (κ1) is 9.85. The Kier molecular flexibility index (Phi) is 3.13. The molecule has 0 saturated heterocycles. The largest absolute Gasteiger partial charge is 0.508 e. The van der Waals surface area contributed by atoms with Crippen LogP contribution in [-0.4, -0.2) is 5.11 Å². The van der Waals surface area contributed by atoms with Gasteiger partial charge in [-0.1, -0.05) is 36.8 Å². The third-order valence-electron chi connectivity index (χ3n) is 2.15. The quantitative estimate of drug-likeness (QED) is 0.685. The molecule has 0 heterocycles. The molecular formula is C12H16O. The predicted octanol–water partition coefficient (Wildman–Crippen LogP) is 3.38. The summed E-state index contributed by atoms with van der Waals surface area (Å²) in [6.07, 6.45) is 4.08. The predicted molar refractivity (Wildman–Crippen MR) is 56.1 cm³/mol. The lowest BCUT2D eigenvalue weighted by Gasteiger charge is -2.09. The van der Waals surface area contributed by atoms with E-state index in [1.54, 1.807) is 6.07 Å². The highest BCUT2D eigenvalue weighted by Gasteiger charge is 2.06. The van der Waals surface area contributed by atoms with Crippen molar-refractivity contribution >= 4 is 0 Å². The van der Waals surface area contributed by atoms with Crippen LogP contribution in [0.2, 0.25) is 0 Å². The fourth-order valence-electron chi connectivity index (χ4n) is 1.43. The first-order valence-electron chi connectivity index (χ1n) is 4.57. The van der Waals surface area contributed by atoms with E-state index in [-0.39, 0.29) is 5.92 Å². The van der Waals surface area contributed by atoms with Gasteiger partial charge < -0.3 is 5.11 Å². The minimum Gasteiger partial charge on any atom is -0.508 e. The summed E-state index contributed by atoms with van der Waals surface area (Å²) >= 11 is 0. The summed E-state index contributed by atoms with van der Waals surface area (Å²) in [5.41, 5.74) is 2.18. The van der Waals surface area contributed by atoms with Crippen molar-refractivity contribution in [1.29, 1.82) is 0 Å². The number of aromatic hydroxyl groups is 1. The minimum absolute atomic E-state index is 0.282. The van der Waals surface area contributed by atoms with Crippen molar-refractivity contribution in [3.05, 3.63) is 41.5 Å². The molecule has 70 valence electrons. The summed E-state index contributed by atoms with van der Waals surface area (Å²) in [6, 6.07) is 5.70. The van der Waals surface area contributed by atoms with Gasteiger partial charge in [-0.2, -0.15) is 0 Å². The van der Waals surface area contributed by atoms with Crippen molar-refractivity contribution in [3.63, 3.8) is 0 Å². The Hall–Kier alpha value is -1.24. The molecular weight excluding hydrogens is 160 g/mol. The summed E-state index contributed by atoms with van der Waals surface area (Å²) in [7, 11) is 0. The molecule has 1 atom stereocenters. The standard InChI is InChI=1S/C12H16O/c1-4-5-10(3)11-8-9(2)6-7-12(11)13/h4-8,10,13H,1-3H3. The van der Waals surface area contributed by atoms with Gasteiger partial charge >= 0.3 is 0 Å². The highest BCUT2D eigenvalue weighted by atomic mass is 16.3. The second kappa shape index (κ2) is 4.13. The maximum atomic E-state index is 9.60. The first-order valence-corrected chi connectivity index (χ1v) is 4.57. The van der Waals surface area contributed by atoms with Crippen LogP contribution in [0.4, 0.5) is 0 Å². The lowest BCUT2D eigenvalue weighted by atomic mass is 9.98. The van der Waals surface area contributed by atoms with Crippen LogP contribution in [0, 0.1) is 6.92 Å². The summed E-state index contributed by atoms with van der Waals surface area (Å²) < 4.78 is 0. The molecule has 13 heavy (non-hydrogen) atoms. The molecule has 1 heteroatoms. The van der Waals surface area contributed by atoms with Crippen LogP contribution in [0.5, 0.6) is 5.75 Å². The minimum atomic E-state index is 0.282. The Labute approximate surface area is 79.7 Å². The second-order valence-electron chi connectivity index (χ2n) is 3.38. The van der Waals surface area contributed by atoms with E-state index in [0.29, 0.717) is 5.75 Å². The Morgan fingerprint density at radius 2 is 2.08 bits per heavy atom. The highest BCUT2D eigenvalue weighted by Crippen LogP contribution is 2.27. The second-order valence-corrected chi connectivity index (χ2v) is 3.38. The SMILES string of the molecule is CC=CC(C)c1cc(C)ccc1O. The van der Waals surface area contributed by atoms with Crippen molar-refractivity contribution < 1.29 is 5.11 Å². The number of phenols is 1. The monoisotopic (exact) mass is 176 g/mol. The molecule has 0 aromatic heterocycles. The third-order valence-corrected chi connectivity index (χ3v) is 2.15. The number of benzene rings is 1. The lowest BCUT2D eigenvalue weighted by molar-refractivity contribution is 0.466. The number of phenolic OH excluding ortho intramolecular Hbond substituents is 1. The summed E-state index contributed by atoms with van der Waals surface area (Å²) in [5.74, 6) is 0.668. The van der Waals surface area contributed by atoms with Gasteiger partial charge in [-0.3, -0.25) is 0 Å². The number of aryl methyl sites for hydroxylation is 1. The molecule has 1 rings (SSSR count). The average Bonchev–Trinajstić information content (AvgIpc) is 2.09. The van der Waals surface area contributed by atoms with Gasteiger partial charge in [0.25, 0.3) is 0 Å². The fraction of sp³-hybridized carbons (Fsp3) is 0.333. The van der Waals surface area contributed by atoms with Crippen molar-refractivity contribution in [2.75, 3.05) is 0 Å². The van der Waals surface area contributed by atoms with Gasteiger partial charge in [-0.05, 0) is 19.9 Å². The van der Waals surface area contributed by atoms with Gasteiger partial charge in [0.15, 0.2) is 0 Å². The zero-order valence-corrected chi connectivity index (χ0v) is 8.41. The van der Waals surface area contributed by atoms with Crippen molar-refractivity contribution in [2.24, 2.45) is 0 Å². The zero-order valence-electron chi connectivity index (χ0n) is 8.41.